The largest absolute Gasteiger partial charge is 0.457 e. The van der Waals surface area contributed by atoms with Crippen molar-refractivity contribution in [3.8, 4) is 0 Å². The highest BCUT2D eigenvalue weighted by Gasteiger charge is 2.15. The minimum Gasteiger partial charge on any atom is -0.457 e. The SMILES string of the molecule is CC(S)C(=O)OC(CO)CO. The van der Waals surface area contributed by atoms with Crippen LogP contribution >= 0.6 is 12.6 Å². The molecule has 0 heterocycles. The molecule has 0 aliphatic carbocycles. The van der Waals surface area contributed by atoms with E-state index >= 15 is 0 Å². The second-order valence-electron chi connectivity index (χ2n) is 2.10. The minimum atomic E-state index is -0.822. The highest BCUT2D eigenvalue weighted by Crippen LogP contribution is 1.99. The number of thiol groups is 1. The molecule has 2 N–H and O–H groups in total. The summed E-state index contributed by atoms with van der Waals surface area (Å²) in [6.45, 7) is 0.808. The Kier molecular flexibility index (Phi) is 5.27. The molecule has 4 nitrogen and oxygen atoms in total. The monoisotopic (exact) mass is 180 g/mol. The van der Waals surface area contributed by atoms with Gasteiger partial charge in [0.25, 0.3) is 0 Å². The van der Waals surface area contributed by atoms with Gasteiger partial charge in [0.15, 0.2) is 0 Å². The molecule has 0 aromatic heterocycles. The fraction of sp³-hybridized carbons (Fsp3) is 0.833. The second kappa shape index (κ2) is 5.40. The zero-order valence-electron chi connectivity index (χ0n) is 6.23. The first-order valence-corrected chi connectivity index (χ1v) is 3.73. The number of hydrogen-bond donors (Lipinski definition) is 3. The molecular formula is C6H12O4S. The Morgan fingerprint density at radius 2 is 2.00 bits per heavy atom. The van der Waals surface area contributed by atoms with Gasteiger partial charge in [-0.05, 0) is 6.92 Å². The molecule has 0 saturated carbocycles. The summed E-state index contributed by atoms with van der Waals surface area (Å²) in [5.41, 5.74) is 0. The van der Waals surface area contributed by atoms with E-state index in [4.69, 9.17) is 10.2 Å². The van der Waals surface area contributed by atoms with E-state index in [1.807, 2.05) is 0 Å². The average Bonchev–Trinajstić information content (AvgIpc) is 1.99. The van der Waals surface area contributed by atoms with Crippen LogP contribution in [0.1, 0.15) is 6.92 Å². The van der Waals surface area contributed by atoms with Crippen molar-refractivity contribution in [3.05, 3.63) is 0 Å². The van der Waals surface area contributed by atoms with E-state index in [-0.39, 0.29) is 13.2 Å². The fourth-order valence-corrected chi connectivity index (χ4v) is 0.456. The molecule has 0 radical (unpaired) electrons. The summed E-state index contributed by atoms with van der Waals surface area (Å²) in [6, 6.07) is 0. The van der Waals surface area contributed by atoms with Crippen LogP contribution in [-0.4, -0.2) is 40.8 Å². The lowest BCUT2D eigenvalue weighted by atomic mass is 10.4. The third kappa shape index (κ3) is 4.23. The maximum Gasteiger partial charge on any atom is 0.318 e. The number of aliphatic hydroxyl groups is 2. The van der Waals surface area contributed by atoms with E-state index in [1.165, 1.54) is 0 Å². The van der Waals surface area contributed by atoms with E-state index in [0.717, 1.165) is 0 Å². The zero-order chi connectivity index (χ0) is 8.85. The van der Waals surface area contributed by atoms with Gasteiger partial charge < -0.3 is 14.9 Å². The van der Waals surface area contributed by atoms with Gasteiger partial charge in [-0.3, -0.25) is 4.79 Å². The zero-order valence-corrected chi connectivity index (χ0v) is 7.12. The molecule has 0 aromatic carbocycles. The molecule has 0 saturated heterocycles. The van der Waals surface area contributed by atoms with E-state index in [1.54, 1.807) is 6.92 Å². The van der Waals surface area contributed by atoms with Gasteiger partial charge >= 0.3 is 5.97 Å². The number of ether oxygens (including phenoxy) is 1. The van der Waals surface area contributed by atoms with Crippen LogP contribution in [-0.2, 0) is 9.53 Å². The number of carbonyl (C=O) groups excluding carboxylic acids is 1. The highest BCUT2D eigenvalue weighted by atomic mass is 32.1. The lowest BCUT2D eigenvalue weighted by Crippen LogP contribution is -2.28. The van der Waals surface area contributed by atoms with Gasteiger partial charge in [-0.2, -0.15) is 12.6 Å². The smallest absolute Gasteiger partial charge is 0.318 e. The molecule has 11 heavy (non-hydrogen) atoms. The van der Waals surface area contributed by atoms with Crippen LogP contribution in [0.2, 0.25) is 0 Å². The topological polar surface area (TPSA) is 66.8 Å². The molecular weight excluding hydrogens is 168 g/mol. The Morgan fingerprint density at radius 3 is 2.27 bits per heavy atom. The summed E-state index contributed by atoms with van der Waals surface area (Å²) >= 11 is 3.81. The van der Waals surface area contributed by atoms with Gasteiger partial charge in [0.05, 0.1) is 18.5 Å². The molecule has 0 aliphatic rings. The molecule has 5 heteroatoms. The summed E-state index contributed by atoms with van der Waals surface area (Å²) in [5.74, 6) is -0.540. The summed E-state index contributed by atoms with van der Waals surface area (Å²) in [5, 5.41) is 16.5. The third-order valence-electron chi connectivity index (χ3n) is 1.03. The van der Waals surface area contributed by atoms with E-state index in [2.05, 4.69) is 17.4 Å². The minimum absolute atomic E-state index is 0.372. The fourth-order valence-electron chi connectivity index (χ4n) is 0.395. The lowest BCUT2D eigenvalue weighted by molar-refractivity contribution is -0.152. The van der Waals surface area contributed by atoms with Crippen molar-refractivity contribution in [1.29, 1.82) is 0 Å². The summed E-state index contributed by atoms with van der Waals surface area (Å²) < 4.78 is 4.59. The quantitative estimate of drug-likeness (QED) is 0.391. The highest BCUT2D eigenvalue weighted by molar-refractivity contribution is 7.81. The average molecular weight is 180 g/mol. The number of rotatable bonds is 4. The van der Waals surface area contributed by atoms with Crippen LogP contribution in [0.3, 0.4) is 0 Å². The Morgan fingerprint density at radius 1 is 1.55 bits per heavy atom. The lowest BCUT2D eigenvalue weighted by Gasteiger charge is -2.13. The molecule has 0 rings (SSSR count). The second-order valence-corrected chi connectivity index (χ2v) is 2.87. The molecule has 0 bridgehead atoms. The predicted octanol–water partition coefficient (Wildman–Crippen LogP) is -0.799. The maximum absolute atomic E-state index is 10.8. The summed E-state index contributed by atoms with van der Waals surface area (Å²) in [7, 11) is 0. The Hall–Kier alpha value is -0.260. The molecule has 66 valence electrons. The molecule has 0 amide bonds. The van der Waals surface area contributed by atoms with Crippen LogP contribution < -0.4 is 0 Å². The number of esters is 1. The van der Waals surface area contributed by atoms with Crippen LogP contribution in [0.15, 0.2) is 0 Å². The molecule has 0 fully saturated rings. The first-order valence-electron chi connectivity index (χ1n) is 3.22. The van der Waals surface area contributed by atoms with Crippen molar-refractivity contribution >= 4 is 18.6 Å². The van der Waals surface area contributed by atoms with Crippen molar-refractivity contribution in [3.63, 3.8) is 0 Å². The molecule has 1 atom stereocenters. The number of hydrogen-bond acceptors (Lipinski definition) is 5. The summed E-state index contributed by atoms with van der Waals surface area (Å²) in [4.78, 5) is 10.8. The van der Waals surface area contributed by atoms with E-state index in [9.17, 15) is 4.79 Å². The number of carbonyl (C=O) groups is 1. The Balaban J connectivity index is 3.72. The third-order valence-corrected chi connectivity index (χ3v) is 1.24. The van der Waals surface area contributed by atoms with Crippen molar-refractivity contribution in [2.75, 3.05) is 13.2 Å². The van der Waals surface area contributed by atoms with Gasteiger partial charge in [-0.15, -0.1) is 0 Å². The Labute approximate surface area is 70.6 Å². The molecule has 0 aromatic rings. The van der Waals surface area contributed by atoms with Crippen molar-refractivity contribution in [2.24, 2.45) is 0 Å². The van der Waals surface area contributed by atoms with Gasteiger partial charge in [-0.25, -0.2) is 0 Å². The van der Waals surface area contributed by atoms with Crippen molar-refractivity contribution < 1.29 is 19.7 Å². The van der Waals surface area contributed by atoms with E-state index in [0.29, 0.717) is 0 Å². The van der Waals surface area contributed by atoms with Crippen LogP contribution in [0, 0.1) is 0 Å². The first-order chi connectivity index (χ1) is 5.11. The standard InChI is InChI=1S/C6H12O4S/c1-4(11)6(9)10-5(2-7)3-8/h4-5,7-8,11H,2-3H2,1H3. The van der Waals surface area contributed by atoms with Crippen LogP contribution in [0.4, 0.5) is 0 Å². The van der Waals surface area contributed by atoms with Crippen LogP contribution in [0.5, 0.6) is 0 Å². The van der Waals surface area contributed by atoms with Gasteiger partial charge in [0.2, 0.25) is 0 Å². The number of aliphatic hydroxyl groups excluding tert-OH is 2. The molecule has 0 spiro atoms. The summed E-state index contributed by atoms with van der Waals surface area (Å²) in [6.07, 6.45) is -0.822. The normalized spacial score (nSPS) is 13.2. The molecule has 0 aliphatic heterocycles. The molecule has 1 unspecified atom stereocenters. The Bertz CT molecular complexity index is 122. The van der Waals surface area contributed by atoms with Crippen molar-refractivity contribution in [1.82, 2.24) is 0 Å². The van der Waals surface area contributed by atoms with Gasteiger partial charge in [0.1, 0.15) is 6.10 Å². The van der Waals surface area contributed by atoms with Gasteiger partial charge in [-0.1, -0.05) is 0 Å². The first kappa shape index (κ1) is 10.7. The van der Waals surface area contributed by atoms with Gasteiger partial charge in [0, 0.05) is 0 Å². The van der Waals surface area contributed by atoms with Crippen LogP contribution in [0.25, 0.3) is 0 Å². The van der Waals surface area contributed by atoms with E-state index < -0.39 is 17.3 Å². The predicted molar refractivity (Wildman–Crippen MR) is 42.5 cm³/mol. The maximum atomic E-state index is 10.8. The van der Waals surface area contributed by atoms with Crippen molar-refractivity contribution in [2.45, 2.75) is 18.3 Å².